The lowest BCUT2D eigenvalue weighted by Crippen LogP contribution is -2.26. The fourth-order valence-corrected chi connectivity index (χ4v) is 2.67. The third-order valence-corrected chi connectivity index (χ3v) is 3.63. The Kier molecular flexibility index (Phi) is 5.02. The predicted molar refractivity (Wildman–Crippen MR) is 61.3 cm³/mol. The van der Waals surface area contributed by atoms with E-state index in [1.165, 1.54) is 12.1 Å². The van der Waals surface area contributed by atoms with Gasteiger partial charge < -0.3 is 5.73 Å². The van der Waals surface area contributed by atoms with Crippen molar-refractivity contribution in [2.24, 2.45) is 5.73 Å². The van der Waals surface area contributed by atoms with Gasteiger partial charge in [0.1, 0.15) is 11.6 Å². The molecule has 1 rings (SSSR count). The quantitative estimate of drug-likeness (QED) is 0.864. The Balaban J connectivity index is 2.62. The SMILES string of the molecule is CCC(N)CS(=O)Cc1cc(F)cc(F)c1. The fourth-order valence-electron chi connectivity index (χ4n) is 1.30. The second kappa shape index (κ2) is 6.06. The van der Waals surface area contributed by atoms with Crippen molar-refractivity contribution in [2.45, 2.75) is 25.1 Å². The van der Waals surface area contributed by atoms with Crippen molar-refractivity contribution in [3.05, 3.63) is 35.4 Å². The van der Waals surface area contributed by atoms with E-state index in [1.807, 2.05) is 6.92 Å². The van der Waals surface area contributed by atoms with Gasteiger partial charge in [-0.1, -0.05) is 6.92 Å². The molecule has 90 valence electrons. The standard InChI is InChI=1S/C11H15F2NOS/c1-2-11(14)7-16(15)6-8-3-9(12)5-10(13)4-8/h3-5,11H,2,6-7,14H2,1H3. The molecule has 2 N–H and O–H groups in total. The van der Waals surface area contributed by atoms with Crippen LogP contribution in [0.3, 0.4) is 0 Å². The predicted octanol–water partition coefficient (Wildman–Crippen LogP) is 1.95. The van der Waals surface area contributed by atoms with E-state index in [4.69, 9.17) is 5.73 Å². The van der Waals surface area contributed by atoms with E-state index in [9.17, 15) is 13.0 Å². The molecule has 2 atom stereocenters. The van der Waals surface area contributed by atoms with Crippen molar-refractivity contribution >= 4 is 10.8 Å². The maximum atomic E-state index is 12.8. The first kappa shape index (κ1) is 13.3. The van der Waals surface area contributed by atoms with Crippen LogP contribution in [0.4, 0.5) is 8.78 Å². The number of halogens is 2. The van der Waals surface area contributed by atoms with Crippen LogP contribution in [0.25, 0.3) is 0 Å². The minimum atomic E-state index is -1.18. The van der Waals surface area contributed by atoms with Gasteiger partial charge >= 0.3 is 0 Å². The molecule has 0 radical (unpaired) electrons. The van der Waals surface area contributed by atoms with E-state index >= 15 is 0 Å². The van der Waals surface area contributed by atoms with E-state index < -0.39 is 22.4 Å². The Morgan fingerprint density at radius 3 is 2.38 bits per heavy atom. The first-order valence-electron chi connectivity index (χ1n) is 5.06. The molecule has 0 bridgehead atoms. The number of benzene rings is 1. The lowest BCUT2D eigenvalue weighted by molar-refractivity contribution is 0.581. The minimum absolute atomic E-state index is 0.126. The van der Waals surface area contributed by atoms with Crippen molar-refractivity contribution < 1.29 is 13.0 Å². The molecule has 0 spiro atoms. The van der Waals surface area contributed by atoms with Crippen molar-refractivity contribution in [1.82, 2.24) is 0 Å². The lowest BCUT2D eigenvalue weighted by atomic mass is 10.2. The molecular formula is C11H15F2NOS. The van der Waals surface area contributed by atoms with Gasteiger partial charge in [-0.15, -0.1) is 0 Å². The summed E-state index contributed by atoms with van der Waals surface area (Å²) in [6.07, 6.45) is 0.739. The molecule has 1 aromatic rings. The van der Waals surface area contributed by atoms with Crippen LogP contribution in [-0.4, -0.2) is 16.0 Å². The van der Waals surface area contributed by atoms with Gasteiger partial charge in [0.05, 0.1) is 0 Å². The lowest BCUT2D eigenvalue weighted by Gasteiger charge is -2.08. The molecule has 0 aliphatic carbocycles. The van der Waals surface area contributed by atoms with Gasteiger partial charge in [-0.25, -0.2) is 8.78 Å². The Morgan fingerprint density at radius 2 is 1.88 bits per heavy atom. The summed E-state index contributed by atoms with van der Waals surface area (Å²) in [4.78, 5) is 0. The Labute approximate surface area is 96.3 Å². The highest BCUT2D eigenvalue weighted by Crippen LogP contribution is 2.10. The van der Waals surface area contributed by atoms with Crippen LogP contribution in [0.1, 0.15) is 18.9 Å². The molecule has 2 nitrogen and oxygen atoms in total. The number of nitrogens with two attached hydrogens (primary N) is 1. The summed E-state index contributed by atoms with van der Waals surface area (Å²) < 4.78 is 37.3. The van der Waals surface area contributed by atoms with Crippen LogP contribution in [-0.2, 0) is 16.6 Å². The molecule has 0 heterocycles. The van der Waals surface area contributed by atoms with E-state index in [2.05, 4.69) is 0 Å². The minimum Gasteiger partial charge on any atom is -0.327 e. The molecule has 0 amide bonds. The average molecular weight is 247 g/mol. The largest absolute Gasteiger partial charge is 0.327 e. The zero-order valence-electron chi connectivity index (χ0n) is 9.08. The van der Waals surface area contributed by atoms with Crippen LogP contribution >= 0.6 is 0 Å². The molecule has 0 aliphatic rings. The number of hydrogen-bond acceptors (Lipinski definition) is 2. The van der Waals surface area contributed by atoms with Gasteiger partial charge in [-0.05, 0) is 24.1 Å². The highest BCUT2D eigenvalue weighted by atomic mass is 32.2. The van der Waals surface area contributed by atoms with Crippen LogP contribution in [0, 0.1) is 11.6 Å². The van der Waals surface area contributed by atoms with Gasteiger partial charge in [0.2, 0.25) is 0 Å². The highest BCUT2D eigenvalue weighted by molar-refractivity contribution is 7.84. The summed E-state index contributed by atoms with van der Waals surface area (Å²) in [6, 6.07) is 3.06. The maximum Gasteiger partial charge on any atom is 0.126 e. The first-order chi connectivity index (χ1) is 7.51. The first-order valence-corrected chi connectivity index (χ1v) is 6.55. The molecule has 0 aliphatic heterocycles. The normalized spacial score (nSPS) is 14.8. The summed E-state index contributed by atoms with van der Waals surface area (Å²) in [5, 5.41) is 0. The molecule has 0 aromatic heterocycles. The molecule has 16 heavy (non-hydrogen) atoms. The van der Waals surface area contributed by atoms with Crippen molar-refractivity contribution in [3.63, 3.8) is 0 Å². The number of hydrogen-bond donors (Lipinski definition) is 1. The van der Waals surface area contributed by atoms with Crippen LogP contribution in [0.5, 0.6) is 0 Å². The Morgan fingerprint density at radius 1 is 1.31 bits per heavy atom. The van der Waals surface area contributed by atoms with Crippen LogP contribution < -0.4 is 5.73 Å². The third-order valence-electron chi connectivity index (χ3n) is 2.17. The zero-order valence-corrected chi connectivity index (χ0v) is 9.90. The van der Waals surface area contributed by atoms with Crippen LogP contribution in [0.2, 0.25) is 0 Å². The molecule has 0 fully saturated rings. The number of rotatable bonds is 5. The Hall–Kier alpha value is -0.810. The van der Waals surface area contributed by atoms with Crippen molar-refractivity contribution in [1.29, 1.82) is 0 Å². The Bertz CT molecular complexity index is 364. The second-order valence-electron chi connectivity index (χ2n) is 3.70. The van der Waals surface area contributed by atoms with E-state index in [-0.39, 0.29) is 11.8 Å². The molecular weight excluding hydrogens is 232 g/mol. The fraction of sp³-hybridized carbons (Fsp3) is 0.455. The van der Waals surface area contributed by atoms with Crippen molar-refractivity contribution in [3.8, 4) is 0 Å². The topological polar surface area (TPSA) is 43.1 Å². The van der Waals surface area contributed by atoms with E-state index in [0.717, 1.165) is 12.5 Å². The summed E-state index contributed by atoms with van der Waals surface area (Å²) in [5.74, 6) is -0.796. The molecule has 5 heteroatoms. The van der Waals surface area contributed by atoms with E-state index in [0.29, 0.717) is 11.3 Å². The van der Waals surface area contributed by atoms with Gasteiger partial charge in [-0.3, -0.25) is 4.21 Å². The van der Waals surface area contributed by atoms with Gasteiger partial charge in [0.15, 0.2) is 0 Å². The van der Waals surface area contributed by atoms with Gasteiger partial charge in [0, 0.05) is 34.4 Å². The molecule has 2 unspecified atom stereocenters. The highest BCUT2D eigenvalue weighted by Gasteiger charge is 2.08. The summed E-state index contributed by atoms with van der Waals surface area (Å²) >= 11 is 0. The molecule has 1 aromatic carbocycles. The monoisotopic (exact) mass is 247 g/mol. The maximum absolute atomic E-state index is 12.8. The van der Waals surface area contributed by atoms with Crippen LogP contribution in [0.15, 0.2) is 18.2 Å². The van der Waals surface area contributed by atoms with Gasteiger partial charge in [0.25, 0.3) is 0 Å². The van der Waals surface area contributed by atoms with Gasteiger partial charge in [-0.2, -0.15) is 0 Å². The summed E-state index contributed by atoms with van der Waals surface area (Å²) in [5.41, 5.74) is 6.05. The van der Waals surface area contributed by atoms with E-state index in [1.54, 1.807) is 0 Å². The smallest absolute Gasteiger partial charge is 0.126 e. The summed E-state index contributed by atoms with van der Waals surface area (Å²) in [7, 11) is -1.18. The third kappa shape index (κ3) is 4.37. The van der Waals surface area contributed by atoms with Crippen molar-refractivity contribution in [2.75, 3.05) is 5.75 Å². The molecule has 0 saturated carbocycles. The summed E-state index contributed by atoms with van der Waals surface area (Å²) in [6.45, 7) is 1.91. The average Bonchev–Trinajstić information content (AvgIpc) is 2.15. The second-order valence-corrected chi connectivity index (χ2v) is 5.20. The zero-order chi connectivity index (χ0) is 12.1. The molecule has 0 saturated heterocycles.